The zero-order valence-corrected chi connectivity index (χ0v) is 7.71. The fraction of sp³-hybridized carbons (Fsp3) is 0.800. The second-order valence-electron chi connectivity index (χ2n) is 4.03. The Morgan fingerprint density at radius 1 is 1.08 bits per heavy atom. The van der Waals surface area contributed by atoms with Gasteiger partial charge in [-0.2, -0.15) is 0 Å². The molecule has 13 heavy (non-hydrogen) atoms. The van der Waals surface area contributed by atoms with Gasteiger partial charge in [0.1, 0.15) is 5.78 Å². The highest BCUT2D eigenvalue weighted by molar-refractivity contribution is 5.85. The second-order valence-corrected chi connectivity index (χ2v) is 4.03. The van der Waals surface area contributed by atoms with E-state index < -0.39 is 0 Å². The number of ketones is 1. The van der Waals surface area contributed by atoms with Crippen LogP contribution in [0.5, 0.6) is 0 Å². The van der Waals surface area contributed by atoms with E-state index in [1.54, 1.807) is 0 Å². The Kier molecular flexibility index (Phi) is 2.34. The number of hydrogen-bond acceptors (Lipinski definition) is 2. The van der Waals surface area contributed by atoms with Gasteiger partial charge in [0.15, 0.2) is 0 Å². The molecule has 2 aliphatic rings. The molecular formula is C10H15NO2. The molecule has 0 aromatic rings. The zero-order valence-electron chi connectivity index (χ0n) is 7.71. The summed E-state index contributed by atoms with van der Waals surface area (Å²) in [7, 11) is 0. The lowest BCUT2D eigenvalue weighted by Crippen LogP contribution is -2.41. The number of fused-ring (bicyclic) bond motifs is 1. The number of carbonyl (C=O) groups excluding carboxylic acids is 2. The summed E-state index contributed by atoms with van der Waals surface area (Å²) in [4.78, 5) is 22.9. The highest BCUT2D eigenvalue weighted by atomic mass is 16.2. The van der Waals surface area contributed by atoms with Crippen LogP contribution in [-0.2, 0) is 9.59 Å². The van der Waals surface area contributed by atoms with Gasteiger partial charge in [0, 0.05) is 24.8 Å². The van der Waals surface area contributed by atoms with E-state index in [9.17, 15) is 9.59 Å². The molecule has 2 rings (SSSR count). The molecule has 1 saturated heterocycles. The van der Waals surface area contributed by atoms with Gasteiger partial charge in [-0.25, -0.2) is 0 Å². The molecule has 0 aromatic carbocycles. The molecule has 2 fully saturated rings. The molecule has 3 nitrogen and oxygen atoms in total. The lowest BCUT2D eigenvalue weighted by Gasteiger charge is -2.22. The van der Waals surface area contributed by atoms with Crippen molar-refractivity contribution >= 4 is 11.7 Å². The normalized spacial score (nSPS) is 34.8. The molecule has 2 atom stereocenters. The van der Waals surface area contributed by atoms with Crippen LogP contribution in [0.1, 0.15) is 38.5 Å². The molecule has 1 aliphatic carbocycles. The van der Waals surface area contributed by atoms with Gasteiger partial charge >= 0.3 is 0 Å². The molecule has 1 heterocycles. The highest BCUT2D eigenvalue weighted by Crippen LogP contribution is 2.29. The van der Waals surface area contributed by atoms with Crippen molar-refractivity contribution in [3.63, 3.8) is 0 Å². The van der Waals surface area contributed by atoms with Gasteiger partial charge in [-0.3, -0.25) is 9.59 Å². The second kappa shape index (κ2) is 3.48. The van der Waals surface area contributed by atoms with E-state index in [0.717, 1.165) is 25.7 Å². The summed E-state index contributed by atoms with van der Waals surface area (Å²) in [5.41, 5.74) is 0. The minimum Gasteiger partial charge on any atom is -0.353 e. The molecule has 0 bridgehead atoms. The predicted octanol–water partition coefficient (Wildman–Crippen LogP) is 1.02. The fourth-order valence-electron chi connectivity index (χ4n) is 2.41. The third-order valence-electron chi connectivity index (χ3n) is 3.10. The van der Waals surface area contributed by atoms with E-state index in [-0.39, 0.29) is 17.9 Å². The summed E-state index contributed by atoms with van der Waals surface area (Å²) < 4.78 is 0. The van der Waals surface area contributed by atoms with Gasteiger partial charge in [-0.05, 0) is 19.3 Å². The Morgan fingerprint density at radius 3 is 2.77 bits per heavy atom. The smallest absolute Gasteiger partial charge is 0.220 e. The Hall–Kier alpha value is -0.860. The van der Waals surface area contributed by atoms with E-state index in [2.05, 4.69) is 5.32 Å². The first-order valence-electron chi connectivity index (χ1n) is 5.09. The lowest BCUT2D eigenvalue weighted by molar-refractivity contribution is -0.127. The maximum Gasteiger partial charge on any atom is 0.220 e. The van der Waals surface area contributed by atoms with Crippen LogP contribution in [0, 0.1) is 5.92 Å². The molecule has 0 radical (unpaired) electrons. The van der Waals surface area contributed by atoms with Crippen molar-refractivity contribution in [1.82, 2.24) is 5.32 Å². The Morgan fingerprint density at radius 2 is 1.92 bits per heavy atom. The topological polar surface area (TPSA) is 46.2 Å². The summed E-state index contributed by atoms with van der Waals surface area (Å²) in [5.74, 6) is 0.621. The highest BCUT2D eigenvalue weighted by Gasteiger charge is 2.34. The van der Waals surface area contributed by atoms with Crippen LogP contribution in [-0.4, -0.2) is 17.7 Å². The molecule has 1 N–H and O–H groups in total. The molecule has 72 valence electrons. The van der Waals surface area contributed by atoms with Crippen molar-refractivity contribution in [3.8, 4) is 0 Å². The van der Waals surface area contributed by atoms with Gasteiger partial charge in [0.2, 0.25) is 5.91 Å². The number of carbonyl (C=O) groups is 2. The SMILES string of the molecule is O=C1CCCC(=O)[C@H]2CCC[C@H]2N1. The quantitative estimate of drug-likeness (QED) is 0.606. The van der Waals surface area contributed by atoms with Gasteiger partial charge in [0.05, 0.1) is 0 Å². The molecule has 0 unspecified atom stereocenters. The van der Waals surface area contributed by atoms with Crippen molar-refractivity contribution in [3.05, 3.63) is 0 Å². The summed E-state index contributed by atoms with van der Waals surface area (Å²) in [6.07, 6.45) is 4.91. The van der Waals surface area contributed by atoms with Crippen LogP contribution in [0.4, 0.5) is 0 Å². The molecular weight excluding hydrogens is 166 g/mol. The van der Waals surface area contributed by atoms with E-state index in [4.69, 9.17) is 0 Å². The Balaban J connectivity index is 2.09. The predicted molar refractivity (Wildman–Crippen MR) is 48.1 cm³/mol. The van der Waals surface area contributed by atoms with Gasteiger partial charge in [-0.15, -0.1) is 0 Å². The van der Waals surface area contributed by atoms with Crippen LogP contribution in [0.25, 0.3) is 0 Å². The molecule has 1 saturated carbocycles. The zero-order chi connectivity index (χ0) is 9.26. The third kappa shape index (κ3) is 1.74. The summed E-state index contributed by atoms with van der Waals surface area (Å²) in [5, 5.41) is 2.95. The molecule has 1 amide bonds. The standard InChI is InChI=1S/C10H15NO2/c12-9-5-2-6-10(13)11-8-4-1-3-7(8)9/h7-8H,1-6H2,(H,11,13)/t7-,8+/m0/s1. The summed E-state index contributed by atoms with van der Waals surface area (Å²) >= 11 is 0. The van der Waals surface area contributed by atoms with Crippen LogP contribution in [0.15, 0.2) is 0 Å². The largest absolute Gasteiger partial charge is 0.353 e. The number of rotatable bonds is 0. The van der Waals surface area contributed by atoms with Crippen LogP contribution >= 0.6 is 0 Å². The number of Topliss-reactive ketones (excluding diaryl/α,β-unsaturated/α-hetero) is 1. The summed E-state index contributed by atoms with van der Waals surface area (Å²) in [6.45, 7) is 0. The van der Waals surface area contributed by atoms with E-state index >= 15 is 0 Å². The third-order valence-corrected chi connectivity index (χ3v) is 3.10. The van der Waals surface area contributed by atoms with E-state index in [1.165, 1.54) is 0 Å². The van der Waals surface area contributed by atoms with Gasteiger partial charge < -0.3 is 5.32 Å². The molecule has 1 aliphatic heterocycles. The van der Waals surface area contributed by atoms with E-state index in [1.807, 2.05) is 0 Å². The minimum absolute atomic E-state index is 0.129. The number of hydrogen-bond donors (Lipinski definition) is 1. The Labute approximate surface area is 77.9 Å². The van der Waals surface area contributed by atoms with Crippen LogP contribution < -0.4 is 5.32 Å². The monoisotopic (exact) mass is 181 g/mol. The van der Waals surface area contributed by atoms with Crippen molar-refractivity contribution in [1.29, 1.82) is 0 Å². The van der Waals surface area contributed by atoms with Gasteiger partial charge in [-0.1, -0.05) is 6.42 Å². The first-order chi connectivity index (χ1) is 6.27. The molecule has 0 spiro atoms. The molecule has 0 aromatic heterocycles. The molecule has 3 heteroatoms. The maximum atomic E-state index is 11.6. The average Bonchev–Trinajstić information content (AvgIpc) is 2.49. The fourth-order valence-corrected chi connectivity index (χ4v) is 2.41. The summed E-state index contributed by atoms with van der Waals surface area (Å²) in [6, 6.07) is 0.153. The lowest BCUT2D eigenvalue weighted by atomic mass is 9.92. The van der Waals surface area contributed by atoms with Gasteiger partial charge in [0.25, 0.3) is 0 Å². The minimum atomic E-state index is 0.129. The van der Waals surface area contributed by atoms with Crippen molar-refractivity contribution < 1.29 is 9.59 Å². The van der Waals surface area contributed by atoms with Crippen LogP contribution in [0.2, 0.25) is 0 Å². The average molecular weight is 181 g/mol. The van der Waals surface area contributed by atoms with E-state index in [0.29, 0.717) is 18.6 Å². The number of amides is 1. The van der Waals surface area contributed by atoms with Crippen molar-refractivity contribution in [2.24, 2.45) is 5.92 Å². The van der Waals surface area contributed by atoms with Crippen LogP contribution in [0.3, 0.4) is 0 Å². The van der Waals surface area contributed by atoms with Crippen molar-refractivity contribution in [2.75, 3.05) is 0 Å². The first-order valence-corrected chi connectivity index (χ1v) is 5.09. The maximum absolute atomic E-state index is 11.6. The van der Waals surface area contributed by atoms with Crippen molar-refractivity contribution in [2.45, 2.75) is 44.6 Å². The first kappa shape index (κ1) is 8.73. The Bertz CT molecular complexity index is 237. The number of nitrogens with one attached hydrogen (secondary N) is 1.